The first kappa shape index (κ1) is 13.8. The van der Waals surface area contributed by atoms with Crippen LogP contribution in [0.25, 0.3) is 0 Å². The minimum Gasteiger partial charge on any atom is -0.297 e. The summed E-state index contributed by atoms with van der Waals surface area (Å²) in [7, 11) is 0. The molecule has 0 saturated carbocycles. The quantitative estimate of drug-likeness (QED) is 0.448. The average Bonchev–Trinajstić information content (AvgIpc) is 2.21. The second kappa shape index (κ2) is 4.91. The van der Waals surface area contributed by atoms with E-state index in [0.717, 1.165) is 24.5 Å². The van der Waals surface area contributed by atoms with E-state index in [4.69, 9.17) is 0 Å². The van der Waals surface area contributed by atoms with Crippen molar-refractivity contribution in [3.63, 3.8) is 0 Å². The van der Waals surface area contributed by atoms with Crippen LogP contribution in [0.2, 0.25) is 0 Å². The van der Waals surface area contributed by atoms with Gasteiger partial charge in [0.25, 0.3) is 0 Å². The van der Waals surface area contributed by atoms with Gasteiger partial charge in [-0.1, -0.05) is 0 Å². The van der Waals surface area contributed by atoms with Gasteiger partial charge in [0.15, 0.2) is 17.6 Å². The van der Waals surface area contributed by atoms with Gasteiger partial charge in [-0.25, -0.2) is 0 Å². The lowest BCUT2D eigenvalue weighted by atomic mass is 10.1. The van der Waals surface area contributed by atoms with E-state index in [2.05, 4.69) is 0 Å². The Labute approximate surface area is 102 Å². The van der Waals surface area contributed by atoms with Gasteiger partial charge in [0, 0.05) is 11.8 Å². The fourth-order valence-electron chi connectivity index (χ4n) is 1.74. The lowest BCUT2D eigenvalue weighted by molar-refractivity contribution is -0.386. The number of rotatable bonds is 4. The van der Waals surface area contributed by atoms with Gasteiger partial charge in [-0.3, -0.25) is 29.1 Å². The molecule has 0 fully saturated rings. The molecule has 0 unspecified atom stereocenters. The highest BCUT2D eigenvalue weighted by Gasteiger charge is 2.27. The molecule has 1 rings (SSSR count). The van der Waals surface area contributed by atoms with Crippen molar-refractivity contribution >= 4 is 17.3 Å². The van der Waals surface area contributed by atoms with Crippen molar-refractivity contribution in [2.24, 2.45) is 0 Å². The first-order valence-electron chi connectivity index (χ1n) is 5.14. The van der Waals surface area contributed by atoms with Crippen molar-refractivity contribution in [2.45, 2.75) is 26.8 Å². The molecule has 0 bridgehead atoms. The Morgan fingerprint density at radius 1 is 1.28 bits per heavy atom. The molecule has 0 aromatic carbocycles. The van der Waals surface area contributed by atoms with Crippen LogP contribution in [0.4, 0.5) is 5.69 Å². The number of carbonyl (C=O) groups is 2. The molecule has 0 N–H and O–H groups in total. The Hall–Kier alpha value is -2.31. The minimum atomic E-state index is -1.31. The number of hydrogen-bond donors (Lipinski definition) is 0. The van der Waals surface area contributed by atoms with Gasteiger partial charge in [-0.05, 0) is 26.8 Å². The molecule has 7 nitrogen and oxygen atoms in total. The molecule has 0 spiro atoms. The van der Waals surface area contributed by atoms with Gasteiger partial charge in [0.2, 0.25) is 0 Å². The molecule has 0 aliphatic carbocycles. The fraction of sp³-hybridized carbons (Fsp3) is 0.364. The van der Waals surface area contributed by atoms with Crippen LogP contribution in [0.3, 0.4) is 0 Å². The van der Waals surface area contributed by atoms with E-state index in [1.54, 1.807) is 0 Å². The Kier molecular flexibility index (Phi) is 3.75. The van der Waals surface area contributed by atoms with Crippen LogP contribution in [0.5, 0.6) is 0 Å². The molecule has 1 heterocycles. The van der Waals surface area contributed by atoms with Crippen LogP contribution >= 0.6 is 0 Å². The Bertz CT molecular complexity index is 574. The second-order valence-electron chi connectivity index (χ2n) is 3.92. The number of pyridine rings is 1. The lowest BCUT2D eigenvalue weighted by Gasteiger charge is -2.16. The fourth-order valence-corrected chi connectivity index (χ4v) is 1.74. The smallest absolute Gasteiger partial charge is 0.297 e. The third-order valence-corrected chi connectivity index (χ3v) is 2.53. The van der Waals surface area contributed by atoms with Crippen molar-refractivity contribution in [1.82, 2.24) is 4.57 Å². The summed E-state index contributed by atoms with van der Waals surface area (Å²) in [5.41, 5.74) is -1.29. The van der Waals surface area contributed by atoms with Gasteiger partial charge in [-0.15, -0.1) is 0 Å². The highest BCUT2D eigenvalue weighted by atomic mass is 16.6. The molecule has 0 aliphatic rings. The SMILES string of the molecule is CC(=O)C(C(C)=O)n1c(C)ccc([N+](=O)[O-])c1=O. The zero-order chi connectivity index (χ0) is 14.0. The summed E-state index contributed by atoms with van der Waals surface area (Å²) < 4.78 is 0.864. The topological polar surface area (TPSA) is 99.3 Å². The van der Waals surface area contributed by atoms with Crippen molar-refractivity contribution < 1.29 is 14.5 Å². The highest BCUT2D eigenvalue weighted by molar-refractivity contribution is 6.02. The molecule has 7 heteroatoms. The van der Waals surface area contributed by atoms with Gasteiger partial charge < -0.3 is 0 Å². The number of carbonyl (C=O) groups excluding carboxylic acids is 2. The normalized spacial score (nSPS) is 10.4. The van der Waals surface area contributed by atoms with Crippen LogP contribution < -0.4 is 5.56 Å². The Morgan fingerprint density at radius 3 is 2.17 bits per heavy atom. The van der Waals surface area contributed by atoms with Crippen LogP contribution in [0.15, 0.2) is 16.9 Å². The largest absolute Gasteiger partial charge is 0.334 e. The van der Waals surface area contributed by atoms with E-state index in [1.165, 1.54) is 13.0 Å². The molecule has 1 aromatic heterocycles. The number of ketones is 2. The summed E-state index contributed by atoms with van der Waals surface area (Å²) in [5, 5.41) is 10.7. The molecule has 0 amide bonds. The van der Waals surface area contributed by atoms with Crippen molar-refractivity contribution in [3.8, 4) is 0 Å². The maximum Gasteiger partial charge on any atom is 0.334 e. The zero-order valence-corrected chi connectivity index (χ0v) is 10.2. The molecular weight excluding hydrogens is 240 g/mol. The third kappa shape index (κ3) is 2.34. The maximum absolute atomic E-state index is 11.9. The summed E-state index contributed by atoms with van der Waals surface area (Å²) in [4.78, 5) is 44.6. The summed E-state index contributed by atoms with van der Waals surface area (Å²) in [6, 6.07) is 1.08. The van der Waals surface area contributed by atoms with Gasteiger partial charge in [-0.2, -0.15) is 0 Å². The number of aromatic nitrogens is 1. The van der Waals surface area contributed by atoms with E-state index in [-0.39, 0.29) is 0 Å². The van der Waals surface area contributed by atoms with E-state index >= 15 is 0 Å². The summed E-state index contributed by atoms with van der Waals surface area (Å²) >= 11 is 0. The van der Waals surface area contributed by atoms with Gasteiger partial charge in [0.05, 0.1) is 4.92 Å². The van der Waals surface area contributed by atoms with Crippen LogP contribution in [0.1, 0.15) is 25.6 Å². The van der Waals surface area contributed by atoms with E-state index < -0.39 is 33.8 Å². The summed E-state index contributed by atoms with van der Waals surface area (Å²) in [5.74, 6) is -1.07. The molecule has 1 aromatic rings. The van der Waals surface area contributed by atoms with Crippen molar-refractivity contribution in [3.05, 3.63) is 38.3 Å². The van der Waals surface area contributed by atoms with Crippen molar-refractivity contribution in [1.29, 1.82) is 0 Å². The standard InChI is InChI=1S/C11H12N2O5/c1-6-4-5-9(13(17)18)11(16)12(6)10(7(2)14)8(3)15/h4-5,10H,1-3H3. The van der Waals surface area contributed by atoms with Crippen LogP contribution in [-0.4, -0.2) is 21.1 Å². The summed E-state index contributed by atoms with van der Waals surface area (Å²) in [6.07, 6.45) is 0. The molecule has 0 aliphatic heterocycles. The molecule has 96 valence electrons. The molecule has 0 radical (unpaired) electrons. The van der Waals surface area contributed by atoms with Gasteiger partial charge >= 0.3 is 11.2 Å². The zero-order valence-electron chi connectivity index (χ0n) is 10.2. The van der Waals surface area contributed by atoms with E-state index in [0.29, 0.717) is 5.69 Å². The number of aryl methyl sites for hydroxylation is 1. The number of hydrogen-bond acceptors (Lipinski definition) is 5. The predicted octanol–water partition coefficient (Wildman–Crippen LogP) is 0.784. The lowest BCUT2D eigenvalue weighted by Crippen LogP contribution is -2.35. The monoisotopic (exact) mass is 252 g/mol. The molecular formula is C11H12N2O5. The number of Topliss-reactive ketones (excluding diaryl/α,β-unsaturated/α-hetero) is 2. The first-order valence-corrected chi connectivity index (χ1v) is 5.14. The van der Waals surface area contributed by atoms with E-state index in [9.17, 15) is 24.5 Å². The number of nitrogens with zero attached hydrogens (tertiary/aromatic N) is 2. The Morgan fingerprint density at radius 2 is 1.78 bits per heavy atom. The summed E-state index contributed by atoms with van der Waals surface area (Å²) in [6.45, 7) is 3.83. The predicted molar refractivity (Wildman–Crippen MR) is 62.5 cm³/mol. The van der Waals surface area contributed by atoms with E-state index in [1.807, 2.05) is 0 Å². The van der Waals surface area contributed by atoms with Crippen LogP contribution in [-0.2, 0) is 9.59 Å². The molecule has 0 saturated heterocycles. The average molecular weight is 252 g/mol. The first-order chi connectivity index (χ1) is 8.27. The van der Waals surface area contributed by atoms with Crippen molar-refractivity contribution in [2.75, 3.05) is 0 Å². The molecule has 18 heavy (non-hydrogen) atoms. The van der Waals surface area contributed by atoms with Crippen LogP contribution in [0, 0.1) is 17.0 Å². The highest BCUT2D eigenvalue weighted by Crippen LogP contribution is 2.13. The second-order valence-corrected chi connectivity index (χ2v) is 3.92. The maximum atomic E-state index is 11.9. The minimum absolute atomic E-state index is 0.320. The third-order valence-electron chi connectivity index (χ3n) is 2.53. The molecule has 0 atom stereocenters. The van der Waals surface area contributed by atoms with Gasteiger partial charge in [0.1, 0.15) is 0 Å². The number of nitro groups is 1. The Balaban J connectivity index is 3.62.